The van der Waals surface area contributed by atoms with Crippen molar-refractivity contribution in [2.24, 2.45) is 0 Å². The molecule has 0 aromatic heterocycles. The third kappa shape index (κ3) is 45.1. The van der Waals surface area contributed by atoms with E-state index in [0.717, 1.165) is 0 Å². The predicted molar refractivity (Wildman–Crippen MR) is 276 cm³/mol. The minimum absolute atomic E-state index is 0.677. The average molecular weight is 1790 g/mol. The van der Waals surface area contributed by atoms with Gasteiger partial charge in [0.2, 0.25) is 0 Å². The Morgan fingerprint density at radius 2 is 0.319 bits per heavy atom. The van der Waals surface area contributed by atoms with Crippen molar-refractivity contribution in [2.45, 2.75) is 50.4 Å². The highest BCUT2D eigenvalue weighted by Gasteiger charge is 2.64. The van der Waals surface area contributed by atoms with E-state index in [1.807, 2.05) is 0 Å². The van der Waals surface area contributed by atoms with Gasteiger partial charge in [-0.1, -0.05) is 0 Å². The molecule has 0 aromatic carbocycles. The predicted octanol–water partition coefficient (Wildman–Crippen LogP) is 1.35. The fourth-order valence-corrected chi connectivity index (χ4v) is 49.9. The molecule has 0 heterocycles. The standard InChI is InChI=1S/C8H44O61P18Si4/c1-88(2,5-7-90(63-82(39,40)57-76(27,28)51-70(9,10)11,64-83(41,42)58-77(29,30)52-71(12,13)14)65-84(43,44)59-78(31,32)53-72(15,16)17)69-89(3,4)6-8-91(66-85(45,46)60-79(33,34)54-73(18,19)20,67-86(47,48)61-80(35,36)55-74(21,22)23)68-87(49,50)62-81(37,38)56-75(24,25)26/h5-8H2,1-4H3,(H,27,28)(H,29,30)(H,31,32)(H,33,34)(H,35,36)(H,37,38)(H,39,40)(H,41,42)(H,43,44)(H,45,46)(H,47,48)(H,49,50)(H2,9,10,11)(H2,12,13,14)(H2,15,16,17)(H2,18,19,20)(H2,21,22,23)(H2,24,25,26). The molecule has 83 heteroatoms. The van der Waals surface area contributed by atoms with Crippen LogP contribution in [0.25, 0.3) is 0 Å². The van der Waals surface area contributed by atoms with Crippen LogP contribution >= 0.6 is 141 Å². The first-order valence-corrected chi connectivity index (χ1v) is 56.8. The molecule has 0 amide bonds. The normalized spacial score (nSPS) is 23.3. The topological polar surface area (TPSA) is 968 Å². The fourth-order valence-electron chi connectivity index (χ4n) is 4.96. The summed E-state index contributed by atoms with van der Waals surface area (Å²) in [6, 6.07) is -7.75. The van der Waals surface area contributed by atoms with E-state index in [4.69, 9.17) is 62.8 Å². The van der Waals surface area contributed by atoms with Gasteiger partial charge < -0.3 is 122 Å². The number of hydrogen-bond acceptors (Lipinski definition) is 37. The highest BCUT2D eigenvalue weighted by molar-refractivity contribution is 7.71. The lowest BCUT2D eigenvalue weighted by Crippen LogP contribution is -2.50. The Bertz CT molecular complexity index is 2970. The van der Waals surface area contributed by atoms with Crippen molar-refractivity contribution in [3.8, 4) is 0 Å². The number of rotatable bonds is 44. The van der Waals surface area contributed by atoms with E-state index >= 15 is 0 Å². The SMILES string of the molecule is C[Si](C)(CC[Si](OP(=O)(O)OP(=O)(O)OP(=O)(O)O)(OP(=O)(O)OP(=O)(O)OP(=O)(O)O)OP(=O)(O)OP(=O)(O)OP(=O)(O)O)O[Si](C)(C)CC[Si](OP(=O)(O)OP(=O)(O)OP(=O)(O)O)(OP(=O)(O)OP(=O)(O)OP(=O)(O)O)OP(=O)(O)OP(=O)(O)OP(=O)(O)O. The summed E-state index contributed by atoms with van der Waals surface area (Å²) in [5, 5.41) is 0. The van der Waals surface area contributed by atoms with Gasteiger partial charge in [-0.05, 0) is 38.3 Å². The Kier molecular flexibility index (Phi) is 32.9. The third-order valence-electron chi connectivity index (χ3n) is 6.64. The Morgan fingerprint density at radius 3 is 0.429 bits per heavy atom. The molecule has 91 heavy (non-hydrogen) atoms. The van der Waals surface area contributed by atoms with Crippen molar-refractivity contribution in [3.63, 3.8) is 0 Å². The minimum atomic E-state index is -7.56. The van der Waals surface area contributed by atoms with Crippen LogP contribution in [0.4, 0.5) is 0 Å². The molecule has 12 unspecified atom stereocenters. The van der Waals surface area contributed by atoms with E-state index in [9.17, 15) is 141 Å². The zero-order valence-corrected chi connectivity index (χ0v) is 62.8. The van der Waals surface area contributed by atoms with Gasteiger partial charge in [0, 0.05) is 12.1 Å². The quantitative estimate of drug-likeness (QED) is 0.0302. The number of phosphoric acid groups is 18. The van der Waals surface area contributed by atoms with Gasteiger partial charge >= 0.3 is 158 Å². The summed E-state index contributed by atoms with van der Waals surface area (Å²) in [6.07, 6.45) is 0. The van der Waals surface area contributed by atoms with Gasteiger partial charge in [0.25, 0.3) is 0 Å². The summed E-state index contributed by atoms with van der Waals surface area (Å²) in [5.74, 6) is 0. The van der Waals surface area contributed by atoms with E-state index < -0.39 is 199 Å². The molecule has 0 rings (SSSR count). The van der Waals surface area contributed by atoms with Gasteiger partial charge in [-0.2, -0.15) is 51.7 Å². The van der Waals surface area contributed by atoms with Crippen molar-refractivity contribution in [3.05, 3.63) is 0 Å². The van der Waals surface area contributed by atoms with Crippen LogP contribution in [0.5, 0.6) is 0 Å². The molecular formula is C8H44O61P18Si4. The first-order valence-electron chi connectivity index (χ1n) is 19.6. The summed E-state index contributed by atoms with van der Waals surface area (Å²) >= 11 is 0. The Morgan fingerprint density at radius 1 is 0.198 bits per heavy atom. The summed E-state index contributed by atoms with van der Waals surface area (Å²) in [7, 11) is -150. The molecule has 0 radical (unpaired) electrons. The third-order valence-corrected chi connectivity index (χ3v) is 48.9. The monoisotopic (exact) mass is 1790 g/mol. The highest BCUT2D eigenvalue weighted by Crippen LogP contribution is 2.76. The lowest BCUT2D eigenvalue weighted by molar-refractivity contribution is 0.136. The summed E-state index contributed by atoms with van der Waals surface area (Å²) < 4.78 is 294. The molecule has 0 aliphatic heterocycles. The molecule has 0 spiro atoms. The van der Waals surface area contributed by atoms with Crippen molar-refractivity contribution >= 4 is 175 Å². The molecule has 61 nitrogen and oxygen atoms in total. The van der Waals surface area contributed by atoms with E-state index in [2.05, 4.69) is 77.0 Å². The molecular weight excluding hydrogens is 1740 g/mol. The van der Waals surface area contributed by atoms with E-state index in [1.165, 1.54) is 0 Å². The molecule has 0 aliphatic rings. The zero-order valence-electron chi connectivity index (χ0n) is 42.7. The van der Waals surface area contributed by atoms with Crippen molar-refractivity contribution in [2.75, 3.05) is 0 Å². The molecule has 0 aliphatic carbocycles. The van der Waals surface area contributed by atoms with Crippen LogP contribution in [0.15, 0.2) is 0 Å². The Balaban J connectivity index is 8.81. The van der Waals surface area contributed by atoms with Gasteiger partial charge in [0.15, 0.2) is 16.6 Å². The van der Waals surface area contributed by atoms with Gasteiger partial charge in [0.1, 0.15) is 0 Å². The lowest BCUT2D eigenvalue weighted by Gasteiger charge is -2.38. The average Bonchev–Trinajstić information content (AvgIpc) is 3.05. The van der Waals surface area contributed by atoms with Crippen molar-refractivity contribution in [1.29, 1.82) is 0 Å². The zero-order chi connectivity index (χ0) is 73.3. The largest absolute Gasteiger partial charge is 0.526 e. The van der Waals surface area contributed by atoms with Gasteiger partial charge in [-0.15, -0.1) is 0 Å². The van der Waals surface area contributed by atoms with Crippen LogP contribution in [0.3, 0.4) is 0 Å². The Labute approximate surface area is 504 Å². The minimum Gasteiger partial charge on any atom is -0.456 e. The Hall–Kier alpha value is 3.29. The maximum Gasteiger partial charge on any atom is 0.526 e. The van der Waals surface area contributed by atoms with Crippen LogP contribution in [0.1, 0.15) is 0 Å². The molecule has 0 bridgehead atoms. The van der Waals surface area contributed by atoms with Crippen LogP contribution < -0.4 is 0 Å². The van der Waals surface area contributed by atoms with Crippen molar-refractivity contribution < 1.29 is 281 Å². The van der Waals surface area contributed by atoms with E-state index in [0.29, 0.717) is 26.2 Å². The molecule has 548 valence electrons. The van der Waals surface area contributed by atoms with Crippen LogP contribution in [0.2, 0.25) is 50.4 Å². The molecule has 0 saturated heterocycles. The summed E-state index contributed by atoms with van der Waals surface area (Å²) in [5.41, 5.74) is 0. The lowest BCUT2D eigenvalue weighted by atomic mass is 10.9. The van der Waals surface area contributed by atoms with Crippen LogP contribution in [-0.4, -0.2) is 152 Å². The van der Waals surface area contributed by atoms with Gasteiger partial charge in [0.05, 0.1) is 0 Å². The fraction of sp³-hybridized carbons (Fsp3) is 1.00. The highest BCUT2D eigenvalue weighted by atomic mass is 31.3. The maximum absolute atomic E-state index is 13.3. The summed E-state index contributed by atoms with van der Waals surface area (Å²) in [6.45, 7) is 2.71. The van der Waals surface area contributed by atoms with E-state index in [1.54, 1.807) is 0 Å². The van der Waals surface area contributed by atoms with Crippen molar-refractivity contribution in [1.82, 2.24) is 0 Å². The van der Waals surface area contributed by atoms with Gasteiger partial charge in [-0.3, -0.25) is 25.3 Å². The smallest absolute Gasteiger partial charge is 0.456 e. The second kappa shape index (κ2) is 31.7. The van der Waals surface area contributed by atoms with E-state index in [-0.39, 0.29) is 0 Å². The van der Waals surface area contributed by atoms with Crippen LogP contribution in [0, 0.1) is 0 Å². The molecule has 0 fully saturated rings. The summed E-state index contributed by atoms with van der Waals surface area (Å²) in [4.78, 5) is 229. The second-order valence-electron chi connectivity index (χ2n) is 16.1. The van der Waals surface area contributed by atoms with Gasteiger partial charge in [-0.25, -0.2) is 82.2 Å². The molecule has 0 saturated carbocycles. The molecule has 12 atom stereocenters. The maximum atomic E-state index is 13.3. The first kappa shape index (κ1) is 94.3. The molecule has 0 aromatic rings. The first-order chi connectivity index (χ1) is 38.8. The second-order valence-corrected chi connectivity index (χ2v) is 58.0. The molecule has 24 N–H and O–H groups in total. The van der Waals surface area contributed by atoms with Crippen LogP contribution in [-0.2, 0) is 163 Å². The number of hydrogen-bond donors (Lipinski definition) is 24.